The Bertz CT molecular complexity index is 564. The highest BCUT2D eigenvalue weighted by molar-refractivity contribution is 5.61. The Morgan fingerprint density at radius 3 is 2.74 bits per heavy atom. The Hall–Kier alpha value is -2.01. The number of halogens is 1. The van der Waals surface area contributed by atoms with Gasteiger partial charge in [0, 0.05) is 24.0 Å². The van der Waals surface area contributed by atoms with Crippen molar-refractivity contribution in [3.05, 3.63) is 41.6 Å². The highest BCUT2D eigenvalue weighted by Gasteiger charge is 2.12. The monoisotopic (exact) mass is 261 g/mol. The van der Waals surface area contributed by atoms with Crippen LogP contribution in [0.2, 0.25) is 0 Å². The molecule has 2 heterocycles. The van der Waals surface area contributed by atoms with Crippen LogP contribution in [0.15, 0.2) is 24.4 Å². The lowest BCUT2D eigenvalue weighted by molar-refractivity contribution is 0.304. The van der Waals surface area contributed by atoms with Crippen LogP contribution >= 0.6 is 0 Å². The number of nitrogens with zero attached hydrogens (tertiary/aromatic N) is 2. The first-order valence-electron chi connectivity index (χ1n) is 6.05. The molecular formula is C14H16FN3O. The molecule has 100 valence electrons. The van der Waals surface area contributed by atoms with Crippen LogP contribution in [0.1, 0.15) is 11.3 Å². The minimum atomic E-state index is -0.613. The Balaban J connectivity index is 2.39. The van der Waals surface area contributed by atoms with Crippen molar-refractivity contribution in [2.75, 3.05) is 13.2 Å². The lowest BCUT2D eigenvalue weighted by Gasteiger charge is -2.10. The molecular weight excluding hydrogens is 245 g/mol. The largest absolute Gasteiger partial charge is 0.487 e. The zero-order valence-corrected chi connectivity index (χ0v) is 11.0. The highest BCUT2D eigenvalue weighted by Crippen LogP contribution is 2.26. The summed E-state index contributed by atoms with van der Waals surface area (Å²) in [6.07, 6.45) is 1.68. The van der Waals surface area contributed by atoms with Gasteiger partial charge in [0.05, 0.1) is 5.69 Å². The average Bonchev–Trinajstić information content (AvgIpc) is 2.37. The smallest absolute Gasteiger partial charge is 0.256 e. The van der Waals surface area contributed by atoms with Gasteiger partial charge in [-0.15, -0.1) is 0 Å². The van der Waals surface area contributed by atoms with Gasteiger partial charge < -0.3 is 10.5 Å². The fourth-order valence-corrected chi connectivity index (χ4v) is 1.81. The number of aryl methyl sites for hydroxylation is 2. The van der Waals surface area contributed by atoms with Crippen molar-refractivity contribution in [2.24, 2.45) is 5.73 Å². The Morgan fingerprint density at radius 2 is 2.11 bits per heavy atom. The molecule has 2 aromatic heterocycles. The van der Waals surface area contributed by atoms with Gasteiger partial charge in [-0.05, 0) is 37.6 Å². The van der Waals surface area contributed by atoms with E-state index in [0.717, 1.165) is 11.3 Å². The molecule has 0 aliphatic heterocycles. The second-order valence-electron chi connectivity index (χ2n) is 4.27. The Morgan fingerprint density at radius 1 is 1.32 bits per heavy atom. The van der Waals surface area contributed by atoms with E-state index in [1.54, 1.807) is 25.3 Å². The van der Waals surface area contributed by atoms with Gasteiger partial charge in [0.1, 0.15) is 6.61 Å². The summed E-state index contributed by atoms with van der Waals surface area (Å²) in [6, 6.07) is 5.46. The quantitative estimate of drug-likeness (QED) is 0.857. The van der Waals surface area contributed by atoms with Crippen molar-refractivity contribution in [1.29, 1.82) is 0 Å². The molecule has 0 radical (unpaired) electrons. The number of hydrogen-bond acceptors (Lipinski definition) is 4. The second kappa shape index (κ2) is 5.75. The molecule has 0 aliphatic rings. The van der Waals surface area contributed by atoms with Gasteiger partial charge >= 0.3 is 0 Å². The normalized spacial score (nSPS) is 10.5. The Labute approximate surface area is 111 Å². The summed E-state index contributed by atoms with van der Waals surface area (Å²) in [6.45, 7) is 4.27. The predicted molar refractivity (Wildman–Crippen MR) is 71.4 cm³/mol. The van der Waals surface area contributed by atoms with Crippen LogP contribution < -0.4 is 10.5 Å². The van der Waals surface area contributed by atoms with Crippen molar-refractivity contribution in [3.8, 4) is 17.0 Å². The number of rotatable bonds is 4. The van der Waals surface area contributed by atoms with Crippen molar-refractivity contribution < 1.29 is 9.13 Å². The van der Waals surface area contributed by atoms with Crippen LogP contribution in [0.25, 0.3) is 11.3 Å². The maximum atomic E-state index is 13.9. The van der Waals surface area contributed by atoms with Crippen LogP contribution in [-0.2, 0) is 0 Å². The lowest BCUT2D eigenvalue weighted by Crippen LogP contribution is -2.12. The van der Waals surface area contributed by atoms with E-state index in [0.29, 0.717) is 17.8 Å². The summed E-state index contributed by atoms with van der Waals surface area (Å²) < 4.78 is 19.2. The Kier molecular flexibility index (Phi) is 4.06. The molecule has 0 aliphatic carbocycles. The maximum Gasteiger partial charge on any atom is 0.256 e. The van der Waals surface area contributed by atoms with E-state index < -0.39 is 5.95 Å². The van der Waals surface area contributed by atoms with Crippen LogP contribution in [-0.4, -0.2) is 23.1 Å². The number of ether oxygens (including phenoxy) is 1. The van der Waals surface area contributed by atoms with E-state index >= 15 is 0 Å². The molecule has 5 heteroatoms. The summed E-state index contributed by atoms with van der Waals surface area (Å²) in [5.41, 5.74) is 8.30. The lowest BCUT2D eigenvalue weighted by atomic mass is 10.1. The van der Waals surface area contributed by atoms with E-state index in [2.05, 4.69) is 9.97 Å². The molecule has 2 rings (SSSR count). The van der Waals surface area contributed by atoms with Crippen LogP contribution in [0.3, 0.4) is 0 Å². The number of hydrogen-bond donors (Lipinski definition) is 1. The molecule has 0 amide bonds. The van der Waals surface area contributed by atoms with E-state index in [4.69, 9.17) is 10.5 Å². The first kappa shape index (κ1) is 13.4. The highest BCUT2D eigenvalue weighted by atomic mass is 19.1. The van der Waals surface area contributed by atoms with Gasteiger partial charge in [-0.3, -0.25) is 4.98 Å². The van der Waals surface area contributed by atoms with Crippen molar-refractivity contribution in [1.82, 2.24) is 9.97 Å². The van der Waals surface area contributed by atoms with Gasteiger partial charge in [-0.25, -0.2) is 4.98 Å². The number of nitrogens with two attached hydrogens (primary N) is 1. The third-order valence-electron chi connectivity index (χ3n) is 2.67. The summed E-state index contributed by atoms with van der Waals surface area (Å²) in [5.74, 6) is -0.446. The van der Waals surface area contributed by atoms with Gasteiger partial charge in [0.25, 0.3) is 5.95 Å². The molecule has 0 aromatic carbocycles. The van der Waals surface area contributed by atoms with E-state index in [-0.39, 0.29) is 12.4 Å². The van der Waals surface area contributed by atoms with Gasteiger partial charge in [-0.2, -0.15) is 4.39 Å². The fraction of sp³-hybridized carbons (Fsp3) is 0.286. The predicted octanol–water partition coefficient (Wildman–Crippen LogP) is 2.24. The molecule has 0 bridgehead atoms. The van der Waals surface area contributed by atoms with Crippen LogP contribution in [0, 0.1) is 19.8 Å². The fourth-order valence-electron chi connectivity index (χ4n) is 1.81. The first-order chi connectivity index (χ1) is 9.11. The van der Waals surface area contributed by atoms with Crippen molar-refractivity contribution in [2.45, 2.75) is 13.8 Å². The number of aromatic nitrogens is 2. The zero-order valence-electron chi connectivity index (χ0n) is 11.0. The topological polar surface area (TPSA) is 61.0 Å². The number of pyridine rings is 2. The summed E-state index contributed by atoms with van der Waals surface area (Å²) in [4.78, 5) is 8.05. The molecule has 2 N–H and O–H groups in total. The van der Waals surface area contributed by atoms with Gasteiger partial charge in [-0.1, -0.05) is 0 Å². The van der Waals surface area contributed by atoms with Gasteiger partial charge in [0.15, 0.2) is 5.75 Å². The molecule has 0 fully saturated rings. The second-order valence-corrected chi connectivity index (χ2v) is 4.27. The molecule has 0 spiro atoms. The minimum absolute atomic E-state index is 0.167. The minimum Gasteiger partial charge on any atom is -0.487 e. The van der Waals surface area contributed by atoms with Crippen molar-refractivity contribution >= 4 is 0 Å². The summed E-state index contributed by atoms with van der Waals surface area (Å²) in [7, 11) is 0. The van der Waals surface area contributed by atoms with Crippen molar-refractivity contribution in [3.63, 3.8) is 0 Å². The van der Waals surface area contributed by atoms with E-state index in [9.17, 15) is 4.39 Å². The SMILES string of the molecule is Cc1cc(-c2cc(C)c(OCCN)c(F)n2)ccn1. The third-order valence-corrected chi connectivity index (χ3v) is 2.67. The summed E-state index contributed by atoms with van der Waals surface area (Å²) in [5, 5.41) is 0. The average molecular weight is 261 g/mol. The molecule has 0 unspecified atom stereocenters. The van der Waals surface area contributed by atoms with Crippen LogP contribution in [0.4, 0.5) is 4.39 Å². The maximum absolute atomic E-state index is 13.9. The van der Waals surface area contributed by atoms with Crippen LogP contribution in [0.5, 0.6) is 5.75 Å². The molecule has 4 nitrogen and oxygen atoms in total. The van der Waals surface area contributed by atoms with Gasteiger partial charge in [0.2, 0.25) is 0 Å². The standard InChI is InChI=1S/C14H16FN3O/c1-9-7-12(11-3-5-17-10(2)8-11)18-14(15)13(9)19-6-4-16/h3,5,7-8H,4,6,16H2,1-2H3. The molecule has 0 saturated carbocycles. The molecule has 0 atom stereocenters. The molecule has 0 saturated heterocycles. The van der Waals surface area contributed by atoms with E-state index in [1.165, 1.54) is 0 Å². The van der Waals surface area contributed by atoms with E-state index in [1.807, 2.05) is 13.0 Å². The zero-order chi connectivity index (χ0) is 13.8. The summed E-state index contributed by atoms with van der Waals surface area (Å²) >= 11 is 0. The third kappa shape index (κ3) is 3.06. The first-order valence-corrected chi connectivity index (χ1v) is 6.05. The molecule has 2 aromatic rings. The molecule has 19 heavy (non-hydrogen) atoms.